The highest BCUT2D eigenvalue weighted by Crippen LogP contribution is 2.40. The summed E-state index contributed by atoms with van der Waals surface area (Å²) in [5.74, 6) is 5.82. The zero-order valence-corrected chi connectivity index (χ0v) is 16.1. The number of nitrogens with one attached hydrogen (secondary N) is 1. The lowest BCUT2D eigenvalue weighted by Gasteiger charge is -2.32. The van der Waals surface area contributed by atoms with Gasteiger partial charge >= 0.3 is 0 Å². The van der Waals surface area contributed by atoms with Crippen LogP contribution >= 0.6 is 11.6 Å². The Morgan fingerprint density at radius 1 is 1.32 bits per heavy atom. The van der Waals surface area contributed by atoms with E-state index in [0.717, 1.165) is 6.42 Å². The number of ether oxygens (including phenoxy) is 1. The zero-order chi connectivity index (χ0) is 19.9. The van der Waals surface area contributed by atoms with Crippen LogP contribution in [-0.2, 0) is 10.4 Å². The predicted octanol–water partition coefficient (Wildman–Crippen LogP) is 3.45. The molecule has 4 rings (SSSR count). The number of nitrogens with two attached hydrogens (primary N) is 2. The van der Waals surface area contributed by atoms with Crippen molar-refractivity contribution in [2.24, 2.45) is 16.1 Å². The number of aliphatic imine (C=N–C) groups is 1. The molecular formula is C21H20ClFN4O. The molecule has 28 heavy (non-hydrogen) atoms. The molecule has 7 heteroatoms. The van der Waals surface area contributed by atoms with Gasteiger partial charge in [0.2, 0.25) is 0 Å². The third-order valence-corrected chi connectivity index (χ3v) is 5.46. The molecule has 1 fully saturated rings. The minimum absolute atomic E-state index is 0.0138. The second kappa shape index (κ2) is 6.78. The van der Waals surface area contributed by atoms with E-state index < -0.39 is 11.5 Å². The van der Waals surface area contributed by atoms with Crippen molar-refractivity contribution in [3.05, 3.63) is 57.9 Å². The molecule has 2 unspecified atom stereocenters. The number of hydrogen-bond donors (Lipinski definition) is 3. The van der Waals surface area contributed by atoms with E-state index in [0.29, 0.717) is 35.7 Å². The van der Waals surface area contributed by atoms with Crippen LogP contribution in [0.4, 0.5) is 15.8 Å². The van der Waals surface area contributed by atoms with E-state index in [4.69, 9.17) is 27.8 Å². The fourth-order valence-corrected chi connectivity index (χ4v) is 3.60. The molecule has 0 bridgehead atoms. The Hall–Kier alpha value is -2.59. The van der Waals surface area contributed by atoms with E-state index in [1.807, 2.05) is 6.07 Å². The standard InChI is InChI=1S/C21H20ClFN4O/c1-20(7-8-28-11-20)6-5-13-9-18-15(10-17(13)24)21(25,27-12-26-18)14-3-2-4-16(22)19(14)23/h2-4,9-10,12H,7-8,11,24-25H2,1H3,(H,26,27). The number of nitrogens with zero attached hydrogens (tertiary/aromatic N) is 1. The van der Waals surface area contributed by atoms with E-state index >= 15 is 0 Å². The fraction of sp³-hybridized carbons (Fsp3) is 0.286. The van der Waals surface area contributed by atoms with Gasteiger partial charge in [0.1, 0.15) is 5.82 Å². The molecule has 5 N–H and O–H groups in total. The van der Waals surface area contributed by atoms with Crippen LogP contribution < -0.4 is 16.8 Å². The van der Waals surface area contributed by atoms with Gasteiger partial charge in [-0.3, -0.25) is 5.73 Å². The summed E-state index contributed by atoms with van der Waals surface area (Å²) < 4.78 is 20.1. The maximum atomic E-state index is 14.7. The normalized spacial score (nSPS) is 25.6. The number of rotatable bonds is 1. The summed E-state index contributed by atoms with van der Waals surface area (Å²) in [6, 6.07) is 8.18. The fourth-order valence-electron chi connectivity index (χ4n) is 3.43. The molecule has 0 amide bonds. The number of halogens is 2. The van der Waals surface area contributed by atoms with Gasteiger partial charge in [0.15, 0.2) is 5.66 Å². The van der Waals surface area contributed by atoms with Gasteiger partial charge < -0.3 is 15.8 Å². The Labute approximate surface area is 167 Å². The molecule has 0 saturated carbocycles. The van der Waals surface area contributed by atoms with Crippen molar-refractivity contribution in [1.29, 1.82) is 0 Å². The van der Waals surface area contributed by atoms with Crippen molar-refractivity contribution >= 4 is 29.3 Å². The van der Waals surface area contributed by atoms with E-state index in [9.17, 15) is 4.39 Å². The van der Waals surface area contributed by atoms with Crippen LogP contribution in [0.2, 0.25) is 5.02 Å². The molecule has 0 spiro atoms. The van der Waals surface area contributed by atoms with Crippen LogP contribution in [0, 0.1) is 23.1 Å². The molecule has 2 heterocycles. The van der Waals surface area contributed by atoms with Crippen molar-refractivity contribution in [2.75, 3.05) is 24.3 Å². The van der Waals surface area contributed by atoms with Gasteiger partial charge in [0.05, 0.1) is 23.4 Å². The van der Waals surface area contributed by atoms with Crippen molar-refractivity contribution in [3.63, 3.8) is 0 Å². The SMILES string of the molecule is CC1(C#Cc2cc3c(cc2N)C(N)(c2cccc(Cl)c2F)N=CN3)CCOC1. The van der Waals surface area contributed by atoms with Gasteiger partial charge in [0.25, 0.3) is 0 Å². The third-order valence-electron chi connectivity index (χ3n) is 5.17. The van der Waals surface area contributed by atoms with E-state index in [1.165, 1.54) is 12.4 Å². The third kappa shape index (κ3) is 3.12. The lowest BCUT2D eigenvalue weighted by molar-refractivity contribution is 0.177. The molecular weight excluding hydrogens is 379 g/mol. The first-order valence-corrected chi connectivity index (χ1v) is 9.29. The molecule has 2 aromatic carbocycles. The van der Waals surface area contributed by atoms with Crippen LogP contribution in [0.5, 0.6) is 0 Å². The van der Waals surface area contributed by atoms with Crippen LogP contribution in [0.15, 0.2) is 35.3 Å². The lowest BCUT2D eigenvalue weighted by atomic mass is 9.87. The monoisotopic (exact) mass is 398 g/mol. The smallest absolute Gasteiger partial charge is 0.166 e. The summed E-state index contributed by atoms with van der Waals surface area (Å²) in [5, 5.41) is 3.04. The van der Waals surface area contributed by atoms with E-state index in [1.54, 1.807) is 18.2 Å². The van der Waals surface area contributed by atoms with Gasteiger partial charge in [-0.05, 0) is 31.5 Å². The Morgan fingerprint density at radius 2 is 2.14 bits per heavy atom. The lowest BCUT2D eigenvalue weighted by Crippen LogP contribution is -2.40. The number of fused-ring (bicyclic) bond motifs is 1. The largest absolute Gasteiger partial charge is 0.398 e. The van der Waals surface area contributed by atoms with Gasteiger partial charge in [-0.25, -0.2) is 9.38 Å². The molecule has 5 nitrogen and oxygen atoms in total. The van der Waals surface area contributed by atoms with Gasteiger partial charge in [-0.15, -0.1) is 0 Å². The second-order valence-corrected chi connectivity index (χ2v) is 7.78. The minimum atomic E-state index is -1.44. The van der Waals surface area contributed by atoms with E-state index in [2.05, 4.69) is 29.1 Å². The molecule has 0 radical (unpaired) electrons. The highest BCUT2D eigenvalue weighted by atomic mass is 35.5. The number of benzene rings is 2. The minimum Gasteiger partial charge on any atom is -0.398 e. The average Bonchev–Trinajstić information content (AvgIpc) is 3.10. The highest BCUT2D eigenvalue weighted by molar-refractivity contribution is 6.30. The maximum absolute atomic E-state index is 14.7. The van der Waals surface area contributed by atoms with Crippen molar-refractivity contribution in [2.45, 2.75) is 19.0 Å². The Kier molecular flexibility index (Phi) is 4.54. The topological polar surface area (TPSA) is 85.7 Å². The van der Waals surface area contributed by atoms with Crippen molar-refractivity contribution < 1.29 is 9.13 Å². The Morgan fingerprint density at radius 3 is 2.89 bits per heavy atom. The summed E-state index contributed by atoms with van der Waals surface area (Å²) >= 11 is 5.94. The number of anilines is 2. The van der Waals surface area contributed by atoms with Crippen LogP contribution in [-0.4, -0.2) is 19.6 Å². The first kappa shape index (κ1) is 18.8. The highest BCUT2D eigenvalue weighted by Gasteiger charge is 2.37. The maximum Gasteiger partial charge on any atom is 0.166 e. The molecule has 2 aromatic rings. The van der Waals surface area contributed by atoms with Crippen molar-refractivity contribution in [3.8, 4) is 11.8 Å². The number of nitrogen functional groups attached to an aromatic ring is 1. The molecule has 2 aliphatic heterocycles. The summed E-state index contributed by atoms with van der Waals surface area (Å²) in [4.78, 5) is 4.30. The van der Waals surface area contributed by atoms with Gasteiger partial charge in [0, 0.05) is 34.7 Å². The first-order valence-electron chi connectivity index (χ1n) is 8.91. The second-order valence-electron chi connectivity index (χ2n) is 7.37. The van der Waals surface area contributed by atoms with Gasteiger partial charge in [-0.2, -0.15) is 0 Å². The molecule has 1 saturated heterocycles. The molecule has 2 aliphatic rings. The van der Waals surface area contributed by atoms with Gasteiger partial charge in [-0.1, -0.05) is 35.6 Å². The summed E-state index contributed by atoms with van der Waals surface area (Å²) in [7, 11) is 0. The Bertz CT molecular complexity index is 1040. The number of hydrogen-bond acceptors (Lipinski definition) is 5. The zero-order valence-electron chi connectivity index (χ0n) is 15.4. The Balaban J connectivity index is 1.79. The molecule has 144 valence electrons. The van der Waals surface area contributed by atoms with Crippen LogP contribution in [0.3, 0.4) is 0 Å². The summed E-state index contributed by atoms with van der Waals surface area (Å²) in [5.41, 5.74) is 13.7. The average molecular weight is 399 g/mol. The summed E-state index contributed by atoms with van der Waals surface area (Å²) in [6.07, 6.45) is 2.33. The first-order chi connectivity index (χ1) is 13.3. The molecule has 0 aliphatic carbocycles. The van der Waals surface area contributed by atoms with Crippen LogP contribution in [0.25, 0.3) is 0 Å². The quantitative estimate of drug-likeness (QED) is 0.507. The molecule has 2 atom stereocenters. The van der Waals surface area contributed by atoms with Crippen LogP contribution in [0.1, 0.15) is 30.0 Å². The molecule has 0 aromatic heterocycles. The summed E-state index contributed by atoms with van der Waals surface area (Å²) in [6.45, 7) is 3.39. The van der Waals surface area contributed by atoms with Crippen molar-refractivity contribution in [1.82, 2.24) is 0 Å². The van der Waals surface area contributed by atoms with E-state index in [-0.39, 0.29) is 16.0 Å². The predicted molar refractivity (Wildman–Crippen MR) is 110 cm³/mol.